The van der Waals surface area contributed by atoms with Crippen molar-refractivity contribution in [1.29, 1.82) is 0 Å². The molecule has 0 bridgehead atoms. The number of hydrogen-bond donors (Lipinski definition) is 2. The van der Waals surface area contributed by atoms with Gasteiger partial charge in [0.05, 0.1) is 0 Å². The lowest BCUT2D eigenvalue weighted by Crippen LogP contribution is -2.44. The first kappa shape index (κ1) is 15.8. The van der Waals surface area contributed by atoms with Crippen LogP contribution in [0.1, 0.15) is 57.1 Å². The van der Waals surface area contributed by atoms with Crippen LogP contribution in [0.3, 0.4) is 0 Å². The molecule has 6 heteroatoms. The molecule has 1 aromatic heterocycles. The first-order valence-corrected chi connectivity index (χ1v) is 8.10. The van der Waals surface area contributed by atoms with E-state index in [1.165, 1.54) is 32.1 Å². The molecule has 0 amide bonds. The van der Waals surface area contributed by atoms with Gasteiger partial charge in [0.25, 0.3) is 0 Å². The second kappa shape index (κ2) is 8.00. The van der Waals surface area contributed by atoms with Crippen LogP contribution < -0.4 is 10.6 Å². The summed E-state index contributed by atoms with van der Waals surface area (Å²) in [6, 6.07) is 0.558. The highest BCUT2D eigenvalue weighted by molar-refractivity contribution is 5.80. The molecule has 2 rings (SSSR count). The van der Waals surface area contributed by atoms with Gasteiger partial charge in [-0.05, 0) is 26.2 Å². The largest absolute Gasteiger partial charge is 0.356 e. The lowest BCUT2D eigenvalue weighted by atomic mass is 9.96. The Hall–Kier alpha value is -1.59. The number of rotatable bonds is 5. The Bertz CT molecular complexity index is 459. The van der Waals surface area contributed by atoms with Crippen LogP contribution in [-0.4, -0.2) is 33.3 Å². The summed E-state index contributed by atoms with van der Waals surface area (Å²) in [5, 5.41) is 15.2. The van der Waals surface area contributed by atoms with E-state index in [1.807, 2.05) is 18.5 Å². The number of guanidine groups is 1. The second-order valence-electron chi connectivity index (χ2n) is 5.79. The number of aliphatic imine (C=N–C) groups is 1. The van der Waals surface area contributed by atoms with Gasteiger partial charge in [0.1, 0.15) is 12.4 Å². The molecule has 0 unspecified atom stereocenters. The molecule has 0 aromatic carbocycles. The standard InChI is InChI=1S/C15H28N6/c1-4-10-16-15(18-13-8-6-5-7-9-13)17-11-14-20-19-12(2)21(14)3/h13H,4-11H2,1-3H3,(H2,16,17,18). The van der Waals surface area contributed by atoms with E-state index in [0.717, 1.165) is 30.6 Å². The molecule has 1 aromatic rings. The van der Waals surface area contributed by atoms with E-state index in [1.54, 1.807) is 0 Å². The molecule has 1 saturated carbocycles. The van der Waals surface area contributed by atoms with Crippen molar-refractivity contribution < 1.29 is 0 Å². The van der Waals surface area contributed by atoms with Gasteiger partial charge < -0.3 is 15.2 Å². The molecule has 0 spiro atoms. The van der Waals surface area contributed by atoms with Crippen molar-refractivity contribution in [3.05, 3.63) is 11.6 Å². The molecule has 0 radical (unpaired) electrons. The predicted octanol–water partition coefficient (Wildman–Crippen LogP) is 1.90. The normalized spacial score (nSPS) is 17.0. The fourth-order valence-corrected chi connectivity index (χ4v) is 2.57. The van der Waals surface area contributed by atoms with Gasteiger partial charge in [0, 0.05) is 19.6 Å². The van der Waals surface area contributed by atoms with E-state index in [4.69, 9.17) is 0 Å². The molecule has 1 heterocycles. The SMILES string of the molecule is CCCNC(=NCc1nnc(C)n1C)NC1CCCCC1. The molecule has 0 saturated heterocycles. The molecule has 0 aliphatic heterocycles. The second-order valence-corrected chi connectivity index (χ2v) is 5.79. The third-order valence-corrected chi connectivity index (χ3v) is 4.05. The van der Waals surface area contributed by atoms with Gasteiger partial charge in [-0.2, -0.15) is 0 Å². The van der Waals surface area contributed by atoms with Crippen molar-refractivity contribution in [2.75, 3.05) is 6.54 Å². The van der Waals surface area contributed by atoms with Gasteiger partial charge in [-0.3, -0.25) is 0 Å². The first-order valence-electron chi connectivity index (χ1n) is 8.10. The third kappa shape index (κ3) is 4.72. The minimum Gasteiger partial charge on any atom is -0.356 e. The van der Waals surface area contributed by atoms with Crippen LogP contribution in [0.5, 0.6) is 0 Å². The smallest absolute Gasteiger partial charge is 0.191 e. The summed E-state index contributed by atoms with van der Waals surface area (Å²) < 4.78 is 1.99. The summed E-state index contributed by atoms with van der Waals surface area (Å²) in [6.45, 7) is 5.62. The van der Waals surface area contributed by atoms with Crippen LogP contribution in [0, 0.1) is 6.92 Å². The van der Waals surface area contributed by atoms with Gasteiger partial charge in [0.15, 0.2) is 11.8 Å². The molecule has 6 nitrogen and oxygen atoms in total. The Morgan fingerprint density at radius 2 is 2.05 bits per heavy atom. The molecular formula is C15H28N6. The van der Waals surface area contributed by atoms with Crippen LogP contribution >= 0.6 is 0 Å². The molecule has 1 aliphatic carbocycles. The molecule has 21 heavy (non-hydrogen) atoms. The number of nitrogens with zero attached hydrogens (tertiary/aromatic N) is 4. The van der Waals surface area contributed by atoms with E-state index in [-0.39, 0.29) is 0 Å². The van der Waals surface area contributed by atoms with Crippen LogP contribution in [-0.2, 0) is 13.6 Å². The van der Waals surface area contributed by atoms with Crippen molar-refractivity contribution in [2.24, 2.45) is 12.0 Å². The number of aryl methyl sites for hydroxylation is 1. The average Bonchev–Trinajstić information content (AvgIpc) is 2.83. The molecule has 2 N–H and O–H groups in total. The van der Waals surface area contributed by atoms with Gasteiger partial charge in [-0.15, -0.1) is 10.2 Å². The molecule has 1 aliphatic rings. The number of hydrogen-bond acceptors (Lipinski definition) is 3. The predicted molar refractivity (Wildman–Crippen MR) is 85.2 cm³/mol. The van der Waals surface area contributed by atoms with Crippen LogP contribution in [0.25, 0.3) is 0 Å². The van der Waals surface area contributed by atoms with Crippen molar-refractivity contribution in [2.45, 2.75) is 65.0 Å². The Balaban J connectivity index is 1.96. The highest BCUT2D eigenvalue weighted by atomic mass is 15.3. The highest BCUT2D eigenvalue weighted by Crippen LogP contribution is 2.17. The maximum absolute atomic E-state index is 4.67. The van der Waals surface area contributed by atoms with E-state index in [2.05, 4.69) is 32.7 Å². The minimum absolute atomic E-state index is 0.558. The van der Waals surface area contributed by atoms with Crippen molar-refractivity contribution >= 4 is 5.96 Å². The summed E-state index contributed by atoms with van der Waals surface area (Å²) in [5.74, 6) is 2.72. The fraction of sp³-hybridized carbons (Fsp3) is 0.800. The summed E-state index contributed by atoms with van der Waals surface area (Å²) in [7, 11) is 1.98. The van der Waals surface area contributed by atoms with E-state index in [0.29, 0.717) is 12.6 Å². The van der Waals surface area contributed by atoms with E-state index in [9.17, 15) is 0 Å². The summed E-state index contributed by atoms with van der Waals surface area (Å²) >= 11 is 0. The van der Waals surface area contributed by atoms with Gasteiger partial charge in [-0.25, -0.2) is 4.99 Å². The monoisotopic (exact) mass is 292 g/mol. The summed E-state index contributed by atoms with van der Waals surface area (Å²) in [5.41, 5.74) is 0. The molecule has 1 fully saturated rings. The summed E-state index contributed by atoms with van der Waals surface area (Å²) in [6.07, 6.45) is 7.59. The Morgan fingerprint density at radius 3 is 2.67 bits per heavy atom. The Labute approximate surface area is 127 Å². The zero-order valence-electron chi connectivity index (χ0n) is 13.5. The zero-order chi connectivity index (χ0) is 15.1. The van der Waals surface area contributed by atoms with Crippen molar-refractivity contribution in [3.63, 3.8) is 0 Å². The van der Waals surface area contributed by atoms with E-state index >= 15 is 0 Å². The molecule has 0 atom stereocenters. The molecule has 118 valence electrons. The van der Waals surface area contributed by atoms with Crippen LogP contribution in [0.4, 0.5) is 0 Å². The highest BCUT2D eigenvalue weighted by Gasteiger charge is 2.14. The summed E-state index contributed by atoms with van der Waals surface area (Å²) in [4.78, 5) is 4.67. The minimum atomic E-state index is 0.558. The average molecular weight is 292 g/mol. The number of aromatic nitrogens is 3. The van der Waals surface area contributed by atoms with Gasteiger partial charge in [-0.1, -0.05) is 26.2 Å². The lowest BCUT2D eigenvalue weighted by molar-refractivity contribution is 0.409. The zero-order valence-corrected chi connectivity index (χ0v) is 13.5. The topological polar surface area (TPSA) is 67.1 Å². The van der Waals surface area contributed by atoms with Gasteiger partial charge >= 0.3 is 0 Å². The van der Waals surface area contributed by atoms with E-state index < -0.39 is 0 Å². The maximum Gasteiger partial charge on any atom is 0.191 e. The quantitative estimate of drug-likeness (QED) is 0.642. The Kier molecular flexibility index (Phi) is 6.02. The van der Waals surface area contributed by atoms with Crippen molar-refractivity contribution in [3.8, 4) is 0 Å². The Morgan fingerprint density at radius 1 is 1.29 bits per heavy atom. The third-order valence-electron chi connectivity index (χ3n) is 4.05. The van der Waals surface area contributed by atoms with Crippen molar-refractivity contribution in [1.82, 2.24) is 25.4 Å². The maximum atomic E-state index is 4.67. The van der Waals surface area contributed by atoms with Crippen LogP contribution in [0.15, 0.2) is 4.99 Å². The lowest BCUT2D eigenvalue weighted by Gasteiger charge is -2.25. The first-order chi connectivity index (χ1) is 10.2. The molecular weight excluding hydrogens is 264 g/mol. The van der Waals surface area contributed by atoms with Crippen LogP contribution in [0.2, 0.25) is 0 Å². The fourth-order valence-electron chi connectivity index (χ4n) is 2.57. The van der Waals surface area contributed by atoms with Gasteiger partial charge in [0.2, 0.25) is 0 Å². The number of nitrogens with one attached hydrogen (secondary N) is 2.